The Bertz CT molecular complexity index is 611. The molecule has 1 aliphatic heterocycles. The molecule has 1 aliphatic rings. The van der Waals surface area contributed by atoms with Gasteiger partial charge in [-0.2, -0.15) is 0 Å². The molecule has 1 atom stereocenters. The molecular formula is C17H22N2O4. The molecule has 6 heteroatoms. The second kappa shape index (κ2) is 7.26. The summed E-state index contributed by atoms with van der Waals surface area (Å²) in [5.74, 6) is 0.120. The lowest BCUT2D eigenvalue weighted by Gasteiger charge is -2.19. The minimum absolute atomic E-state index is 0.107. The highest BCUT2D eigenvalue weighted by Crippen LogP contribution is 2.26. The fraction of sp³-hybridized carbons (Fsp3) is 0.471. The number of nitrogens with zero attached hydrogens (tertiary/aromatic N) is 1. The van der Waals surface area contributed by atoms with Gasteiger partial charge in [-0.3, -0.25) is 19.3 Å². The van der Waals surface area contributed by atoms with Gasteiger partial charge in [0.15, 0.2) is 0 Å². The Labute approximate surface area is 135 Å². The zero-order valence-electron chi connectivity index (χ0n) is 13.7. The Morgan fingerprint density at radius 1 is 1.30 bits per heavy atom. The predicted octanol–water partition coefficient (Wildman–Crippen LogP) is 1.72. The van der Waals surface area contributed by atoms with Crippen LogP contribution in [0.15, 0.2) is 18.2 Å². The molecule has 1 heterocycles. The maximum absolute atomic E-state index is 12.1. The van der Waals surface area contributed by atoms with E-state index in [9.17, 15) is 14.4 Å². The highest BCUT2D eigenvalue weighted by Gasteiger charge is 2.29. The summed E-state index contributed by atoms with van der Waals surface area (Å²) in [4.78, 5) is 36.3. The van der Waals surface area contributed by atoms with Crippen molar-refractivity contribution in [1.29, 1.82) is 0 Å². The first-order chi connectivity index (χ1) is 10.9. The van der Waals surface area contributed by atoms with Gasteiger partial charge in [0, 0.05) is 31.4 Å². The number of aryl methyl sites for hydroxylation is 1. The lowest BCUT2D eigenvalue weighted by molar-refractivity contribution is -0.138. The third-order valence-corrected chi connectivity index (χ3v) is 3.95. The molecule has 2 rings (SSSR count). The molecule has 1 fully saturated rings. The van der Waals surface area contributed by atoms with E-state index in [2.05, 4.69) is 5.32 Å². The SMILES string of the molecule is COc1ccc(C)cc1C(C)NC(=O)CCN1C(=O)CCC1=O. The zero-order valence-corrected chi connectivity index (χ0v) is 13.7. The van der Waals surface area contributed by atoms with Crippen LogP contribution in [-0.2, 0) is 14.4 Å². The number of methoxy groups -OCH3 is 1. The van der Waals surface area contributed by atoms with Gasteiger partial charge in [-0.25, -0.2) is 0 Å². The summed E-state index contributed by atoms with van der Waals surface area (Å²) in [6, 6.07) is 5.57. The van der Waals surface area contributed by atoms with Crippen LogP contribution in [0.1, 0.15) is 43.4 Å². The molecule has 1 saturated heterocycles. The Hall–Kier alpha value is -2.37. The largest absolute Gasteiger partial charge is 0.496 e. The van der Waals surface area contributed by atoms with Gasteiger partial charge in [0.25, 0.3) is 0 Å². The molecule has 0 aromatic heterocycles. The lowest BCUT2D eigenvalue weighted by Crippen LogP contribution is -2.35. The number of amides is 3. The Morgan fingerprint density at radius 3 is 2.57 bits per heavy atom. The fourth-order valence-electron chi connectivity index (χ4n) is 2.67. The van der Waals surface area contributed by atoms with Crippen LogP contribution in [0.3, 0.4) is 0 Å². The number of hydrogen-bond donors (Lipinski definition) is 1. The second-order valence-corrected chi connectivity index (χ2v) is 5.72. The minimum atomic E-state index is -0.220. The molecular weight excluding hydrogens is 296 g/mol. The number of benzene rings is 1. The van der Waals surface area contributed by atoms with Gasteiger partial charge in [0.1, 0.15) is 5.75 Å². The summed E-state index contributed by atoms with van der Waals surface area (Å²) in [6.45, 7) is 3.99. The Morgan fingerprint density at radius 2 is 1.96 bits per heavy atom. The zero-order chi connectivity index (χ0) is 17.0. The van der Waals surface area contributed by atoms with E-state index in [0.717, 1.165) is 16.0 Å². The number of hydrogen-bond acceptors (Lipinski definition) is 4. The van der Waals surface area contributed by atoms with E-state index >= 15 is 0 Å². The molecule has 124 valence electrons. The van der Waals surface area contributed by atoms with Crippen molar-refractivity contribution in [2.24, 2.45) is 0 Å². The average Bonchev–Trinajstić information content (AvgIpc) is 2.83. The normalized spacial score (nSPS) is 15.7. The second-order valence-electron chi connectivity index (χ2n) is 5.72. The highest BCUT2D eigenvalue weighted by molar-refractivity contribution is 6.02. The molecule has 1 N–H and O–H groups in total. The summed E-state index contributed by atoms with van der Waals surface area (Å²) in [5.41, 5.74) is 1.98. The van der Waals surface area contributed by atoms with E-state index in [1.165, 1.54) is 0 Å². The van der Waals surface area contributed by atoms with Gasteiger partial charge in [0.05, 0.1) is 13.2 Å². The molecule has 0 spiro atoms. The Kier molecular flexibility index (Phi) is 5.36. The van der Waals surface area contributed by atoms with Crippen molar-refractivity contribution in [3.8, 4) is 5.75 Å². The van der Waals surface area contributed by atoms with Gasteiger partial charge in [0.2, 0.25) is 17.7 Å². The van der Waals surface area contributed by atoms with Crippen LogP contribution in [0.5, 0.6) is 5.75 Å². The molecule has 1 unspecified atom stereocenters. The summed E-state index contributed by atoms with van der Waals surface area (Å²) >= 11 is 0. The van der Waals surface area contributed by atoms with Crippen molar-refractivity contribution < 1.29 is 19.1 Å². The topological polar surface area (TPSA) is 75.7 Å². The molecule has 1 aromatic carbocycles. The van der Waals surface area contributed by atoms with Crippen LogP contribution in [-0.4, -0.2) is 36.3 Å². The number of likely N-dealkylation sites (tertiary alicyclic amines) is 1. The lowest BCUT2D eigenvalue weighted by atomic mass is 10.0. The van der Waals surface area contributed by atoms with Gasteiger partial charge in [-0.15, -0.1) is 0 Å². The highest BCUT2D eigenvalue weighted by atomic mass is 16.5. The van der Waals surface area contributed by atoms with E-state index in [-0.39, 0.29) is 49.6 Å². The average molecular weight is 318 g/mol. The number of ether oxygens (including phenoxy) is 1. The van der Waals surface area contributed by atoms with Crippen LogP contribution >= 0.6 is 0 Å². The van der Waals surface area contributed by atoms with E-state index < -0.39 is 0 Å². The van der Waals surface area contributed by atoms with Crippen molar-refractivity contribution in [2.45, 2.75) is 39.2 Å². The maximum Gasteiger partial charge on any atom is 0.229 e. The molecule has 23 heavy (non-hydrogen) atoms. The fourth-order valence-corrected chi connectivity index (χ4v) is 2.67. The molecule has 1 aromatic rings. The Balaban J connectivity index is 1.93. The van der Waals surface area contributed by atoms with Crippen molar-refractivity contribution >= 4 is 17.7 Å². The van der Waals surface area contributed by atoms with Crippen LogP contribution in [0.4, 0.5) is 0 Å². The maximum atomic E-state index is 12.1. The van der Waals surface area contributed by atoms with E-state index in [0.29, 0.717) is 5.75 Å². The van der Waals surface area contributed by atoms with Crippen molar-refractivity contribution in [3.05, 3.63) is 29.3 Å². The predicted molar refractivity (Wildman–Crippen MR) is 84.9 cm³/mol. The minimum Gasteiger partial charge on any atom is -0.496 e. The summed E-state index contributed by atoms with van der Waals surface area (Å²) in [6.07, 6.45) is 0.602. The summed E-state index contributed by atoms with van der Waals surface area (Å²) < 4.78 is 5.32. The van der Waals surface area contributed by atoms with Crippen molar-refractivity contribution in [3.63, 3.8) is 0 Å². The van der Waals surface area contributed by atoms with Gasteiger partial charge >= 0.3 is 0 Å². The molecule has 0 bridgehead atoms. The third-order valence-electron chi connectivity index (χ3n) is 3.95. The van der Waals surface area contributed by atoms with Crippen molar-refractivity contribution in [2.75, 3.05) is 13.7 Å². The third kappa shape index (κ3) is 4.09. The first kappa shape index (κ1) is 17.0. The smallest absolute Gasteiger partial charge is 0.229 e. The number of carbonyl (C=O) groups excluding carboxylic acids is 3. The number of imide groups is 1. The number of nitrogens with one attached hydrogen (secondary N) is 1. The number of rotatable bonds is 6. The van der Waals surface area contributed by atoms with Gasteiger partial charge in [-0.1, -0.05) is 17.7 Å². The van der Waals surface area contributed by atoms with Crippen LogP contribution in [0.2, 0.25) is 0 Å². The molecule has 0 radical (unpaired) electrons. The number of carbonyl (C=O) groups is 3. The summed E-state index contributed by atoms with van der Waals surface area (Å²) in [7, 11) is 1.59. The summed E-state index contributed by atoms with van der Waals surface area (Å²) in [5, 5.41) is 2.88. The van der Waals surface area contributed by atoms with E-state index in [4.69, 9.17) is 4.74 Å². The van der Waals surface area contributed by atoms with E-state index in [1.54, 1.807) is 7.11 Å². The first-order valence-electron chi connectivity index (χ1n) is 7.69. The van der Waals surface area contributed by atoms with Gasteiger partial charge < -0.3 is 10.1 Å². The monoisotopic (exact) mass is 318 g/mol. The molecule has 6 nitrogen and oxygen atoms in total. The van der Waals surface area contributed by atoms with Crippen LogP contribution < -0.4 is 10.1 Å². The van der Waals surface area contributed by atoms with Crippen LogP contribution in [0.25, 0.3) is 0 Å². The molecule has 3 amide bonds. The standard InChI is InChI=1S/C17H22N2O4/c1-11-4-5-14(23-3)13(10-11)12(2)18-15(20)8-9-19-16(21)6-7-17(19)22/h4-5,10,12H,6-9H2,1-3H3,(H,18,20). The molecule has 0 saturated carbocycles. The quantitative estimate of drug-likeness (QED) is 0.810. The van der Waals surface area contributed by atoms with E-state index in [1.807, 2.05) is 32.0 Å². The van der Waals surface area contributed by atoms with Crippen molar-refractivity contribution in [1.82, 2.24) is 10.2 Å². The first-order valence-corrected chi connectivity index (χ1v) is 7.69. The van der Waals surface area contributed by atoms with Crippen LogP contribution in [0, 0.1) is 6.92 Å². The van der Waals surface area contributed by atoms with Gasteiger partial charge in [-0.05, 0) is 19.9 Å². The molecule has 0 aliphatic carbocycles.